The number of ether oxygens (including phenoxy) is 1. The van der Waals surface area contributed by atoms with E-state index in [1.165, 1.54) is 35.2 Å². The minimum Gasteiger partial charge on any atom is -0.463 e. The molecule has 184 valence electrons. The summed E-state index contributed by atoms with van der Waals surface area (Å²) in [7, 11) is 4.42. The molecule has 35 heavy (non-hydrogen) atoms. The van der Waals surface area contributed by atoms with Gasteiger partial charge in [-0.1, -0.05) is 28.1 Å². The van der Waals surface area contributed by atoms with Crippen LogP contribution >= 0.6 is 31.9 Å². The molecule has 3 heterocycles. The van der Waals surface area contributed by atoms with E-state index in [0.29, 0.717) is 11.3 Å². The molecule has 1 unspecified atom stereocenters. The first kappa shape index (κ1) is 24.9. The zero-order chi connectivity index (χ0) is 25.6. The van der Waals surface area contributed by atoms with E-state index in [4.69, 9.17) is 4.74 Å². The fourth-order valence-electron chi connectivity index (χ4n) is 4.02. The van der Waals surface area contributed by atoms with Gasteiger partial charge in [-0.05, 0) is 40.5 Å². The number of aryl methyl sites for hydroxylation is 1. The molecular formula is C22H22Br2N6O5. The van der Waals surface area contributed by atoms with Gasteiger partial charge in [-0.2, -0.15) is 0 Å². The maximum absolute atomic E-state index is 13.2. The number of carbonyl (C=O) groups excluding carboxylic acids is 2. The molecule has 0 saturated carbocycles. The number of carbonyl (C=O) groups is 2. The Balaban J connectivity index is 1.98. The van der Waals surface area contributed by atoms with Crippen LogP contribution in [0.25, 0.3) is 11.2 Å². The third kappa shape index (κ3) is 4.22. The summed E-state index contributed by atoms with van der Waals surface area (Å²) in [4.78, 5) is 57.2. The molecule has 1 aromatic carbocycles. The average Bonchev–Trinajstić information content (AvgIpc) is 3.15. The number of halogens is 2. The number of amides is 2. The number of allylic oxidation sites excluding steroid dienone is 1. The van der Waals surface area contributed by atoms with Crippen LogP contribution in [0, 0.1) is 0 Å². The van der Waals surface area contributed by atoms with Crippen LogP contribution in [-0.4, -0.2) is 49.2 Å². The van der Waals surface area contributed by atoms with E-state index in [1.807, 2.05) is 12.1 Å². The highest BCUT2D eigenvalue weighted by atomic mass is 79.9. The van der Waals surface area contributed by atoms with Crippen molar-refractivity contribution in [1.82, 2.24) is 28.9 Å². The molecule has 0 radical (unpaired) electrons. The Morgan fingerprint density at radius 3 is 2.37 bits per heavy atom. The molecule has 13 heteroatoms. The Morgan fingerprint density at radius 2 is 1.74 bits per heavy atom. The van der Waals surface area contributed by atoms with Crippen molar-refractivity contribution < 1.29 is 14.3 Å². The fraction of sp³-hybridized carbons (Fsp3) is 0.318. The lowest BCUT2D eigenvalue weighted by molar-refractivity contribution is -0.139. The van der Waals surface area contributed by atoms with Crippen molar-refractivity contribution in [2.45, 2.75) is 19.5 Å². The lowest BCUT2D eigenvalue weighted by atomic mass is 9.94. The van der Waals surface area contributed by atoms with E-state index in [0.717, 1.165) is 9.04 Å². The Labute approximate surface area is 216 Å². The Kier molecular flexibility index (Phi) is 6.73. The van der Waals surface area contributed by atoms with Crippen LogP contribution in [0.1, 0.15) is 18.5 Å². The minimum atomic E-state index is -0.776. The number of rotatable bonds is 5. The molecule has 2 amide bonds. The van der Waals surface area contributed by atoms with Crippen LogP contribution in [0.15, 0.2) is 54.3 Å². The third-order valence-electron chi connectivity index (χ3n) is 5.88. The van der Waals surface area contributed by atoms with E-state index < -0.39 is 29.3 Å². The second-order valence-corrected chi connectivity index (χ2v) is 9.54. The summed E-state index contributed by atoms with van der Waals surface area (Å²) in [6.07, 6.45) is 0. The first-order valence-corrected chi connectivity index (χ1v) is 12.2. The first-order chi connectivity index (χ1) is 16.6. The molecule has 0 fully saturated rings. The van der Waals surface area contributed by atoms with Gasteiger partial charge in [-0.15, -0.1) is 0 Å². The van der Waals surface area contributed by atoms with Gasteiger partial charge in [0.1, 0.15) is 0 Å². The summed E-state index contributed by atoms with van der Waals surface area (Å²) in [5.74, 6) is -0.594. The van der Waals surface area contributed by atoms with Gasteiger partial charge in [0.05, 0.1) is 30.5 Å². The molecule has 11 nitrogen and oxygen atoms in total. The zero-order valence-electron chi connectivity index (χ0n) is 19.3. The number of fused-ring (bicyclic) bond motifs is 1. The fourth-order valence-corrected chi connectivity index (χ4v) is 4.75. The number of urea groups is 1. The molecule has 0 bridgehead atoms. The molecular weight excluding hydrogens is 588 g/mol. The highest BCUT2D eigenvalue weighted by molar-refractivity contribution is 9.10. The number of benzene rings is 1. The first-order valence-electron chi connectivity index (χ1n) is 10.6. The average molecular weight is 610 g/mol. The molecule has 1 aliphatic rings. The standard InChI is InChI=1S/C22H22Br2N6O5/c1-5-35-19(32)14-13(27(2)21(33)25-15(14)11-6-8-12(23)9-7-11)10-30-16-17(26-20(30)24)28(3)22(34)29(4)18(16)31/h6-9,15H,5,10H2,1-4H3,(H,25,33). The number of esters is 1. The zero-order valence-corrected chi connectivity index (χ0v) is 22.5. The van der Waals surface area contributed by atoms with Gasteiger partial charge in [0.2, 0.25) is 0 Å². The van der Waals surface area contributed by atoms with Crippen molar-refractivity contribution in [2.75, 3.05) is 13.7 Å². The van der Waals surface area contributed by atoms with Crippen molar-refractivity contribution in [3.63, 3.8) is 0 Å². The molecule has 1 N–H and O–H groups in total. The number of hydrogen-bond donors (Lipinski definition) is 1. The van der Waals surface area contributed by atoms with E-state index in [1.54, 1.807) is 19.1 Å². The third-order valence-corrected chi connectivity index (χ3v) is 7.02. The van der Waals surface area contributed by atoms with Crippen molar-refractivity contribution in [3.05, 3.63) is 71.1 Å². The number of nitrogens with one attached hydrogen (secondary N) is 1. The van der Waals surface area contributed by atoms with Crippen molar-refractivity contribution in [2.24, 2.45) is 14.1 Å². The van der Waals surface area contributed by atoms with Crippen molar-refractivity contribution in [3.8, 4) is 0 Å². The second-order valence-electron chi connectivity index (χ2n) is 7.92. The SMILES string of the molecule is CCOC(=O)C1=C(Cn2c(Br)nc3c2c(=O)n(C)c(=O)n3C)N(C)C(=O)NC1c1ccc(Br)cc1. The van der Waals surface area contributed by atoms with Crippen molar-refractivity contribution >= 4 is 55.0 Å². The van der Waals surface area contributed by atoms with Gasteiger partial charge >= 0.3 is 17.7 Å². The normalized spacial score (nSPS) is 16.1. The molecule has 4 rings (SSSR count). The van der Waals surface area contributed by atoms with Crippen LogP contribution in [0.3, 0.4) is 0 Å². The summed E-state index contributed by atoms with van der Waals surface area (Å²) in [6, 6.07) is 6.01. The van der Waals surface area contributed by atoms with Gasteiger partial charge < -0.3 is 14.6 Å². The monoisotopic (exact) mass is 608 g/mol. The lowest BCUT2D eigenvalue weighted by Gasteiger charge is -2.35. The Morgan fingerprint density at radius 1 is 1.09 bits per heavy atom. The smallest absolute Gasteiger partial charge is 0.338 e. The molecule has 0 aliphatic carbocycles. The summed E-state index contributed by atoms with van der Waals surface area (Å²) < 4.78 is 10.2. The van der Waals surface area contributed by atoms with Crippen LogP contribution < -0.4 is 16.6 Å². The number of nitrogens with zero attached hydrogens (tertiary/aromatic N) is 5. The van der Waals surface area contributed by atoms with Crippen LogP contribution in [0.5, 0.6) is 0 Å². The minimum absolute atomic E-state index is 0.0599. The summed E-state index contributed by atoms with van der Waals surface area (Å²) in [5, 5.41) is 2.85. The molecule has 2 aromatic heterocycles. The van der Waals surface area contributed by atoms with E-state index in [-0.39, 0.29) is 34.6 Å². The topological polar surface area (TPSA) is 120 Å². The highest BCUT2D eigenvalue weighted by Crippen LogP contribution is 2.33. The number of aromatic nitrogens is 4. The van der Waals surface area contributed by atoms with Crippen LogP contribution in [-0.2, 0) is 30.2 Å². The Hall–Kier alpha value is -3.19. The van der Waals surface area contributed by atoms with Gasteiger partial charge in [0.15, 0.2) is 15.9 Å². The second kappa shape index (κ2) is 9.46. The molecule has 1 aliphatic heterocycles. The van der Waals surface area contributed by atoms with E-state index in [9.17, 15) is 19.2 Å². The summed E-state index contributed by atoms with van der Waals surface area (Å²) in [6.45, 7) is 1.78. The lowest BCUT2D eigenvalue weighted by Crippen LogP contribution is -2.47. The quantitative estimate of drug-likeness (QED) is 0.350. The van der Waals surface area contributed by atoms with E-state index >= 15 is 0 Å². The van der Waals surface area contributed by atoms with Gasteiger partial charge in [0, 0.05) is 25.6 Å². The molecule has 0 spiro atoms. The van der Waals surface area contributed by atoms with Gasteiger partial charge in [-0.3, -0.25) is 18.8 Å². The van der Waals surface area contributed by atoms with Crippen LogP contribution in [0.2, 0.25) is 0 Å². The predicted octanol–water partition coefficient (Wildman–Crippen LogP) is 2.17. The number of hydrogen-bond acceptors (Lipinski definition) is 6. The van der Waals surface area contributed by atoms with Gasteiger partial charge in [-0.25, -0.2) is 19.4 Å². The number of imidazole rings is 1. The summed E-state index contributed by atoms with van der Waals surface area (Å²) in [5.41, 5.74) is 0.501. The van der Waals surface area contributed by atoms with Crippen molar-refractivity contribution in [1.29, 1.82) is 0 Å². The highest BCUT2D eigenvalue weighted by Gasteiger charge is 2.37. The van der Waals surface area contributed by atoms with E-state index in [2.05, 4.69) is 42.2 Å². The van der Waals surface area contributed by atoms with Crippen LogP contribution in [0.4, 0.5) is 4.79 Å². The predicted molar refractivity (Wildman–Crippen MR) is 135 cm³/mol. The summed E-state index contributed by atoms with van der Waals surface area (Å²) >= 11 is 6.77. The molecule has 1 atom stereocenters. The molecule has 0 saturated heterocycles. The van der Waals surface area contributed by atoms with Gasteiger partial charge in [0.25, 0.3) is 5.56 Å². The Bertz CT molecular complexity index is 1500. The molecule has 3 aromatic rings. The maximum Gasteiger partial charge on any atom is 0.338 e. The number of likely N-dealkylation sites (N-methyl/N-ethyl adjacent to an activating group) is 1. The maximum atomic E-state index is 13.2. The largest absolute Gasteiger partial charge is 0.463 e.